The van der Waals surface area contributed by atoms with E-state index in [0.29, 0.717) is 12.3 Å². The van der Waals surface area contributed by atoms with Crippen LogP contribution in [0.4, 0.5) is 0 Å². The van der Waals surface area contributed by atoms with Crippen molar-refractivity contribution < 1.29 is 18.7 Å². The van der Waals surface area contributed by atoms with Crippen LogP contribution in [0.2, 0.25) is 0 Å². The van der Waals surface area contributed by atoms with Crippen LogP contribution in [0.15, 0.2) is 23.2 Å². The van der Waals surface area contributed by atoms with Crippen LogP contribution in [-0.4, -0.2) is 16.0 Å². The van der Waals surface area contributed by atoms with Crippen LogP contribution in [0.25, 0.3) is 0 Å². The monoisotopic (exact) mass is 271 g/mol. The molecule has 0 amide bonds. The molecule has 0 fully saturated rings. The smallest absolute Gasteiger partial charge is 0.274 e. The van der Waals surface area contributed by atoms with Crippen molar-refractivity contribution in [3.8, 4) is 0 Å². The quantitative estimate of drug-likeness (QED) is 0.588. The van der Waals surface area contributed by atoms with Crippen LogP contribution in [0.5, 0.6) is 0 Å². The predicted octanol–water partition coefficient (Wildman–Crippen LogP) is 3.00. The first kappa shape index (κ1) is 13.0. The zero-order chi connectivity index (χ0) is 13.0. The lowest BCUT2D eigenvalue weighted by atomic mass is 10.1. The van der Waals surface area contributed by atoms with E-state index in [1.807, 2.05) is 6.92 Å². The van der Waals surface area contributed by atoms with E-state index in [4.69, 9.17) is 25.5 Å². The van der Waals surface area contributed by atoms with Crippen molar-refractivity contribution in [2.45, 2.75) is 38.4 Å². The molecule has 18 heavy (non-hydrogen) atoms. The zero-order valence-corrected chi connectivity index (χ0v) is 10.8. The summed E-state index contributed by atoms with van der Waals surface area (Å²) in [7, 11) is 0. The molecule has 0 aliphatic carbocycles. The van der Waals surface area contributed by atoms with Gasteiger partial charge >= 0.3 is 0 Å². The lowest BCUT2D eigenvalue weighted by molar-refractivity contribution is -0.131. The molecule has 2 heterocycles. The summed E-state index contributed by atoms with van der Waals surface area (Å²) in [5.41, 5.74) is 0.158. The fourth-order valence-electron chi connectivity index (χ4n) is 1.73. The normalized spacial score (nSPS) is 16.3. The number of aromatic nitrogens is 1. The lowest BCUT2D eigenvalue weighted by Gasteiger charge is -2.22. The van der Waals surface area contributed by atoms with Crippen molar-refractivity contribution in [3.05, 3.63) is 30.4 Å². The maximum atomic E-state index is 10.8. The molecule has 0 N–H and O–H groups in total. The molecule has 1 aromatic rings. The molecule has 1 aromatic heterocycles. The van der Waals surface area contributed by atoms with E-state index >= 15 is 0 Å². The Bertz CT molecular complexity index is 447. The van der Waals surface area contributed by atoms with Gasteiger partial charge in [-0.25, -0.2) is 4.98 Å². The van der Waals surface area contributed by atoms with Gasteiger partial charge in [0.05, 0.1) is 0 Å². The molecule has 0 radical (unpaired) electrons. The number of hydrogen-bond acceptors (Lipinski definition) is 5. The van der Waals surface area contributed by atoms with Crippen molar-refractivity contribution in [3.63, 3.8) is 0 Å². The van der Waals surface area contributed by atoms with Crippen molar-refractivity contribution in [1.29, 1.82) is 0 Å². The molecule has 1 aliphatic rings. The largest absolute Gasteiger partial charge is 0.457 e. The van der Waals surface area contributed by atoms with Gasteiger partial charge in [0.15, 0.2) is 11.6 Å². The molecule has 0 atom stereocenters. The number of hydrogen-bond donors (Lipinski definition) is 0. The van der Waals surface area contributed by atoms with Crippen molar-refractivity contribution in [1.82, 2.24) is 4.98 Å². The summed E-state index contributed by atoms with van der Waals surface area (Å²) in [4.78, 5) is 14.8. The van der Waals surface area contributed by atoms with Crippen LogP contribution < -0.4 is 0 Å². The Balaban J connectivity index is 1.70. The van der Waals surface area contributed by atoms with Gasteiger partial charge in [0.25, 0.3) is 5.24 Å². The van der Waals surface area contributed by atoms with Gasteiger partial charge < -0.3 is 13.9 Å². The fourth-order valence-corrected chi connectivity index (χ4v) is 1.81. The summed E-state index contributed by atoms with van der Waals surface area (Å²) in [6.45, 7) is 1.89. The topological polar surface area (TPSA) is 61.6 Å². The molecular formula is C12H14ClNO4. The van der Waals surface area contributed by atoms with E-state index < -0.39 is 11.0 Å². The summed E-state index contributed by atoms with van der Waals surface area (Å²) < 4.78 is 15.8. The molecule has 6 heteroatoms. The van der Waals surface area contributed by atoms with Crippen molar-refractivity contribution in [2.24, 2.45) is 0 Å². The molecule has 0 saturated heterocycles. The Kier molecular flexibility index (Phi) is 3.91. The number of unbranched alkanes of at least 4 members (excludes halogenated alkanes) is 1. The van der Waals surface area contributed by atoms with E-state index in [1.165, 1.54) is 6.26 Å². The molecule has 0 spiro atoms. The SMILES string of the molecule is CC1(CCCCc2nc(C(=O)Cl)co2)OC=CO1. The summed E-state index contributed by atoms with van der Waals surface area (Å²) in [5, 5.41) is -0.601. The van der Waals surface area contributed by atoms with Gasteiger partial charge in [0, 0.05) is 19.8 Å². The Hall–Kier alpha value is -1.49. The van der Waals surface area contributed by atoms with Gasteiger partial charge in [0.1, 0.15) is 18.8 Å². The third kappa shape index (κ3) is 3.26. The third-order valence-corrected chi connectivity index (χ3v) is 2.91. The minimum absolute atomic E-state index is 0.158. The lowest BCUT2D eigenvalue weighted by Crippen LogP contribution is -2.24. The molecule has 5 nitrogen and oxygen atoms in total. The average molecular weight is 272 g/mol. The van der Waals surface area contributed by atoms with Crippen LogP contribution in [0.3, 0.4) is 0 Å². The van der Waals surface area contributed by atoms with Gasteiger partial charge in [0.2, 0.25) is 5.79 Å². The highest BCUT2D eigenvalue weighted by molar-refractivity contribution is 6.67. The van der Waals surface area contributed by atoms with Gasteiger partial charge in [-0.15, -0.1) is 0 Å². The fraction of sp³-hybridized carbons (Fsp3) is 0.500. The van der Waals surface area contributed by atoms with Gasteiger partial charge in [-0.3, -0.25) is 4.79 Å². The highest BCUT2D eigenvalue weighted by Crippen LogP contribution is 2.25. The van der Waals surface area contributed by atoms with Crippen LogP contribution in [0.1, 0.15) is 42.6 Å². The maximum Gasteiger partial charge on any atom is 0.274 e. The molecule has 0 saturated carbocycles. The van der Waals surface area contributed by atoms with E-state index in [1.54, 1.807) is 12.5 Å². The molecule has 0 bridgehead atoms. The van der Waals surface area contributed by atoms with E-state index in [2.05, 4.69) is 4.98 Å². The molecule has 0 unspecified atom stereocenters. The Morgan fingerprint density at radius 2 is 2.11 bits per heavy atom. The minimum atomic E-state index is -0.601. The highest BCUT2D eigenvalue weighted by atomic mass is 35.5. The number of nitrogens with zero attached hydrogens (tertiary/aromatic N) is 1. The van der Waals surface area contributed by atoms with Gasteiger partial charge in [-0.2, -0.15) is 0 Å². The Labute approximate surface area is 110 Å². The first-order valence-electron chi connectivity index (χ1n) is 5.74. The van der Waals surface area contributed by atoms with E-state index in [9.17, 15) is 4.79 Å². The second kappa shape index (κ2) is 5.44. The van der Waals surface area contributed by atoms with E-state index in [-0.39, 0.29) is 5.69 Å². The number of carbonyl (C=O) groups excluding carboxylic acids is 1. The Morgan fingerprint density at radius 1 is 1.39 bits per heavy atom. The minimum Gasteiger partial charge on any atom is -0.457 e. The van der Waals surface area contributed by atoms with E-state index in [0.717, 1.165) is 19.3 Å². The number of ether oxygens (including phenoxy) is 2. The van der Waals surface area contributed by atoms with Gasteiger partial charge in [-0.05, 0) is 24.4 Å². The number of aryl methyl sites for hydroxylation is 1. The van der Waals surface area contributed by atoms with Crippen molar-refractivity contribution >= 4 is 16.8 Å². The Morgan fingerprint density at radius 3 is 2.72 bits per heavy atom. The van der Waals surface area contributed by atoms with Crippen LogP contribution >= 0.6 is 11.6 Å². The summed E-state index contributed by atoms with van der Waals surface area (Å²) in [6, 6.07) is 0. The number of carbonyl (C=O) groups is 1. The summed E-state index contributed by atoms with van der Waals surface area (Å²) >= 11 is 5.28. The molecule has 98 valence electrons. The standard InChI is InChI=1S/C12H14ClNO4/c1-12(17-6-7-18-12)5-3-2-4-10-14-9(8-16-10)11(13)15/h6-8H,2-5H2,1H3. The molecule has 2 rings (SSSR count). The van der Waals surface area contributed by atoms with Crippen LogP contribution in [0, 0.1) is 0 Å². The average Bonchev–Trinajstić information content (AvgIpc) is 2.94. The maximum absolute atomic E-state index is 10.8. The second-order valence-corrected chi connectivity index (χ2v) is 4.59. The molecule has 1 aliphatic heterocycles. The zero-order valence-electron chi connectivity index (χ0n) is 10.0. The first-order valence-corrected chi connectivity index (χ1v) is 6.12. The molecular weight excluding hydrogens is 258 g/mol. The number of oxazole rings is 1. The summed E-state index contributed by atoms with van der Waals surface area (Å²) in [6.07, 6.45) is 7.59. The van der Waals surface area contributed by atoms with Gasteiger partial charge in [-0.1, -0.05) is 0 Å². The first-order chi connectivity index (χ1) is 8.59. The second-order valence-electron chi connectivity index (χ2n) is 4.25. The summed E-state index contributed by atoms with van der Waals surface area (Å²) in [5.74, 6) is -0.0241. The molecule has 0 aromatic carbocycles. The van der Waals surface area contributed by atoms with Crippen molar-refractivity contribution in [2.75, 3.05) is 0 Å². The van der Waals surface area contributed by atoms with Crippen LogP contribution in [-0.2, 0) is 15.9 Å². The number of rotatable bonds is 6. The number of halogens is 1. The predicted molar refractivity (Wildman–Crippen MR) is 64.0 cm³/mol. The highest BCUT2D eigenvalue weighted by Gasteiger charge is 2.28. The third-order valence-electron chi connectivity index (χ3n) is 2.71.